The second kappa shape index (κ2) is 5.62. The molecule has 7 heteroatoms. The highest BCUT2D eigenvalue weighted by Gasteiger charge is 2.19. The molecule has 0 aliphatic rings. The predicted octanol–water partition coefficient (Wildman–Crippen LogP) is -0.570. The fraction of sp³-hybridized carbons (Fsp3) is 0.700. The Morgan fingerprint density at radius 1 is 1.53 bits per heavy atom. The lowest BCUT2D eigenvalue weighted by molar-refractivity contribution is -0.132. The van der Waals surface area contributed by atoms with E-state index in [1.807, 2.05) is 13.8 Å². The van der Waals surface area contributed by atoms with Gasteiger partial charge in [-0.3, -0.25) is 9.78 Å². The van der Waals surface area contributed by atoms with Gasteiger partial charge in [0.2, 0.25) is 5.91 Å². The highest BCUT2D eigenvalue weighted by atomic mass is 16.2. The summed E-state index contributed by atoms with van der Waals surface area (Å²) >= 11 is 0. The van der Waals surface area contributed by atoms with Crippen molar-refractivity contribution < 1.29 is 4.79 Å². The van der Waals surface area contributed by atoms with E-state index in [2.05, 4.69) is 15.2 Å². The normalized spacial score (nSPS) is 12.8. The van der Waals surface area contributed by atoms with Crippen LogP contribution in [0.25, 0.3) is 0 Å². The molecular formula is C10H19N5O2. The molecule has 1 aromatic heterocycles. The summed E-state index contributed by atoms with van der Waals surface area (Å²) in [6, 6.07) is -0.509. The lowest BCUT2D eigenvalue weighted by Gasteiger charge is -2.21. The van der Waals surface area contributed by atoms with E-state index in [-0.39, 0.29) is 18.1 Å². The van der Waals surface area contributed by atoms with Crippen LogP contribution in [-0.2, 0) is 11.3 Å². The summed E-state index contributed by atoms with van der Waals surface area (Å²) in [6.45, 7) is 4.26. The zero-order valence-electron chi connectivity index (χ0n) is 10.4. The standard InChI is InChI=1S/C10H19N5O2/c1-6(2)4-7(11)9(16)15(3)5-8-12-10(17)14-13-8/h6-7H,4-5,11H2,1-3H3,(H2,12,13,14,17)/t7-/m0/s1. The number of nitrogens with zero attached hydrogens (tertiary/aromatic N) is 2. The van der Waals surface area contributed by atoms with E-state index in [4.69, 9.17) is 5.73 Å². The van der Waals surface area contributed by atoms with Gasteiger partial charge in [-0.05, 0) is 12.3 Å². The summed E-state index contributed by atoms with van der Waals surface area (Å²) in [5.41, 5.74) is 5.40. The third kappa shape index (κ3) is 4.03. The monoisotopic (exact) mass is 241 g/mol. The number of hydrogen-bond acceptors (Lipinski definition) is 4. The minimum atomic E-state index is -0.509. The van der Waals surface area contributed by atoms with Crippen LogP contribution < -0.4 is 11.4 Å². The zero-order valence-corrected chi connectivity index (χ0v) is 10.4. The molecule has 96 valence electrons. The van der Waals surface area contributed by atoms with E-state index < -0.39 is 6.04 Å². The number of carbonyl (C=O) groups is 1. The lowest BCUT2D eigenvalue weighted by atomic mass is 10.0. The Hall–Kier alpha value is -1.63. The van der Waals surface area contributed by atoms with Gasteiger partial charge in [0.25, 0.3) is 0 Å². The molecular weight excluding hydrogens is 222 g/mol. The Kier molecular flexibility index (Phi) is 4.45. The minimum Gasteiger partial charge on any atom is -0.337 e. The van der Waals surface area contributed by atoms with Gasteiger partial charge in [0.15, 0.2) is 5.82 Å². The van der Waals surface area contributed by atoms with Crippen LogP contribution >= 0.6 is 0 Å². The van der Waals surface area contributed by atoms with Gasteiger partial charge in [0.05, 0.1) is 12.6 Å². The van der Waals surface area contributed by atoms with Crippen molar-refractivity contribution >= 4 is 5.91 Å². The highest BCUT2D eigenvalue weighted by Crippen LogP contribution is 2.06. The molecule has 0 saturated carbocycles. The molecule has 4 N–H and O–H groups in total. The molecule has 0 aliphatic carbocycles. The molecule has 0 spiro atoms. The first kappa shape index (κ1) is 13.4. The van der Waals surface area contributed by atoms with Gasteiger partial charge in [-0.1, -0.05) is 13.8 Å². The Bertz CT molecular complexity index is 422. The topological polar surface area (TPSA) is 108 Å². The maximum atomic E-state index is 11.9. The van der Waals surface area contributed by atoms with Gasteiger partial charge in [0, 0.05) is 7.05 Å². The number of amides is 1. The molecule has 1 amide bonds. The number of H-pyrrole nitrogens is 2. The largest absolute Gasteiger partial charge is 0.340 e. The average molecular weight is 241 g/mol. The number of nitrogens with two attached hydrogens (primary N) is 1. The van der Waals surface area contributed by atoms with Crippen molar-refractivity contribution in [2.75, 3.05) is 7.05 Å². The summed E-state index contributed by atoms with van der Waals surface area (Å²) in [4.78, 5) is 26.6. The molecule has 0 bridgehead atoms. The van der Waals surface area contributed by atoms with E-state index in [0.29, 0.717) is 18.2 Å². The molecule has 1 heterocycles. The molecule has 0 aromatic carbocycles. The highest BCUT2D eigenvalue weighted by molar-refractivity contribution is 5.81. The number of likely N-dealkylation sites (N-methyl/N-ethyl adjacent to an activating group) is 1. The van der Waals surface area contributed by atoms with Gasteiger partial charge < -0.3 is 10.6 Å². The molecule has 17 heavy (non-hydrogen) atoms. The second-order valence-corrected chi connectivity index (χ2v) is 4.55. The number of nitrogens with one attached hydrogen (secondary N) is 2. The number of aromatic amines is 2. The SMILES string of the molecule is CC(C)C[C@H](N)C(=O)N(C)Cc1n[nH]c(=O)[nH]1. The number of carbonyl (C=O) groups excluding carboxylic acids is 1. The second-order valence-electron chi connectivity index (χ2n) is 4.55. The third-order valence-electron chi connectivity index (χ3n) is 2.36. The van der Waals surface area contributed by atoms with Crippen LogP contribution in [0.5, 0.6) is 0 Å². The average Bonchev–Trinajstić information content (AvgIpc) is 2.61. The molecule has 0 unspecified atom stereocenters. The summed E-state index contributed by atoms with van der Waals surface area (Å²) in [7, 11) is 1.63. The molecule has 0 radical (unpaired) electrons. The molecule has 1 rings (SSSR count). The molecule has 0 saturated heterocycles. The fourth-order valence-electron chi connectivity index (χ4n) is 1.57. The van der Waals surface area contributed by atoms with Crippen LogP contribution in [-0.4, -0.2) is 39.1 Å². The lowest BCUT2D eigenvalue weighted by Crippen LogP contribution is -2.42. The number of hydrogen-bond donors (Lipinski definition) is 3. The maximum absolute atomic E-state index is 11.9. The first-order valence-electron chi connectivity index (χ1n) is 5.54. The van der Waals surface area contributed by atoms with E-state index in [0.717, 1.165) is 0 Å². The Balaban J connectivity index is 2.55. The fourth-order valence-corrected chi connectivity index (χ4v) is 1.57. The Morgan fingerprint density at radius 2 is 2.18 bits per heavy atom. The van der Waals surface area contributed by atoms with Crippen molar-refractivity contribution in [3.63, 3.8) is 0 Å². The minimum absolute atomic E-state index is 0.150. The van der Waals surface area contributed by atoms with Gasteiger partial charge in [0.1, 0.15) is 0 Å². The van der Waals surface area contributed by atoms with Crippen molar-refractivity contribution in [2.45, 2.75) is 32.9 Å². The number of rotatable bonds is 5. The van der Waals surface area contributed by atoms with Gasteiger partial charge in [-0.15, -0.1) is 0 Å². The smallest absolute Gasteiger partial charge is 0.337 e. The number of aromatic nitrogens is 3. The summed E-state index contributed by atoms with van der Waals surface area (Å²) < 4.78 is 0. The van der Waals surface area contributed by atoms with Crippen molar-refractivity contribution in [1.82, 2.24) is 20.1 Å². The van der Waals surface area contributed by atoms with Crippen LogP contribution in [0.3, 0.4) is 0 Å². The zero-order chi connectivity index (χ0) is 13.0. The van der Waals surface area contributed by atoms with Crippen LogP contribution in [0.1, 0.15) is 26.1 Å². The van der Waals surface area contributed by atoms with Crippen LogP contribution in [0, 0.1) is 5.92 Å². The van der Waals surface area contributed by atoms with E-state index >= 15 is 0 Å². The maximum Gasteiger partial charge on any atom is 0.340 e. The summed E-state index contributed by atoms with van der Waals surface area (Å²) in [5.74, 6) is 0.637. The van der Waals surface area contributed by atoms with Gasteiger partial charge in [-0.2, -0.15) is 5.10 Å². The summed E-state index contributed by atoms with van der Waals surface area (Å²) in [6.07, 6.45) is 0.639. The Morgan fingerprint density at radius 3 is 2.65 bits per heavy atom. The first-order valence-corrected chi connectivity index (χ1v) is 5.54. The molecule has 7 nitrogen and oxygen atoms in total. The first-order chi connectivity index (χ1) is 7.90. The molecule has 0 aliphatic heterocycles. The molecule has 1 aromatic rings. The summed E-state index contributed by atoms with van der Waals surface area (Å²) in [5, 5.41) is 5.97. The molecule has 1 atom stereocenters. The quantitative estimate of drug-likeness (QED) is 0.641. The van der Waals surface area contributed by atoms with Crippen LogP contribution in [0.2, 0.25) is 0 Å². The Labute approximate surface area is 99.4 Å². The van der Waals surface area contributed by atoms with E-state index in [9.17, 15) is 9.59 Å². The van der Waals surface area contributed by atoms with Crippen molar-refractivity contribution in [3.8, 4) is 0 Å². The third-order valence-corrected chi connectivity index (χ3v) is 2.36. The van der Waals surface area contributed by atoms with E-state index in [1.165, 1.54) is 4.90 Å². The van der Waals surface area contributed by atoms with E-state index in [1.54, 1.807) is 7.05 Å². The van der Waals surface area contributed by atoms with Gasteiger partial charge in [-0.25, -0.2) is 9.89 Å². The van der Waals surface area contributed by atoms with Crippen LogP contribution in [0.4, 0.5) is 0 Å². The van der Waals surface area contributed by atoms with Crippen LogP contribution in [0.15, 0.2) is 4.79 Å². The van der Waals surface area contributed by atoms with Crippen molar-refractivity contribution in [3.05, 3.63) is 16.3 Å². The predicted molar refractivity (Wildman–Crippen MR) is 63.1 cm³/mol. The van der Waals surface area contributed by atoms with Crippen molar-refractivity contribution in [2.24, 2.45) is 11.7 Å². The van der Waals surface area contributed by atoms with Gasteiger partial charge >= 0.3 is 5.69 Å². The molecule has 0 fully saturated rings. The van der Waals surface area contributed by atoms with Crippen molar-refractivity contribution in [1.29, 1.82) is 0 Å².